The Hall–Kier alpha value is -1.69. The summed E-state index contributed by atoms with van der Waals surface area (Å²) in [5.74, 6) is -0.146. The van der Waals surface area contributed by atoms with Crippen LogP contribution in [0.25, 0.3) is 0 Å². The maximum atomic E-state index is 11.8. The molecule has 0 atom stereocenters. The van der Waals surface area contributed by atoms with Crippen LogP contribution < -0.4 is 10.6 Å². The lowest BCUT2D eigenvalue weighted by molar-refractivity contribution is -0.116. The second-order valence-electron chi connectivity index (χ2n) is 5.43. The van der Waals surface area contributed by atoms with Crippen LogP contribution in [0.15, 0.2) is 29.2 Å². The molecule has 2 amide bonds. The molecule has 2 N–H and O–H groups in total. The second kappa shape index (κ2) is 7.93. The Kier molecular flexibility index (Phi) is 6.55. The van der Waals surface area contributed by atoms with Crippen molar-refractivity contribution < 1.29 is 14.3 Å². The van der Waals surface area contributed by atoms with Crippen LogP contribution in [0.4, 0.5) is 10.5 Å². The normalized spacial score (nSPS) is 10.9. The third kappa shape index (κ3) is 7.04. The van der Waals surface area contributed by atoms with Crippen molar-refractivity contribution in [2.75, 3.05) is 18.1 Å². The zero-order valence-electron chi connectivity index (χ0n) is 12.9. The summed E-state index contributed by atoms with van der Waals surface area (Å²) < 4.78 is 5.09. The SMILES string of the molecule is CSc1ccccc1NC(=O)CCNC(=O)OC(C)(C)C. The van der Waals surface area contributed by atoms with Gasteiger partial charge in [-0.2, -0.15) is 0 Å². The lowest BCUT2D eigenvalue weighted by Crippen LogP contribution is -2.34. The van der Waals surface area contributed by atoms with Crippen molar-refractivity contribution in [3.8, 4) is 0 Å². The number of carbonyl (C=O) groups excluding carboxylic acids is 2. The molecule has 0 aliphatic heterocycles. The molecule has 0 radical (unpaired) electrons. The smallest absolute Gasteiger partial charge is 0.407 e. The van der Waals surface area contributed by atoms with E-state index in [0.717, 1.165) is 10.6 Å². The van der Waals surface area contributed by atoms with Crippen LogP contribution in [0, 0.1) is 0 Å². The van der Waals surface area contributed by atoms with Crippen molar-refractivity contribution >= 4 is 29.4 Å². The van der Waals surface area contributed by atoms with Crippen LogP contribution >= 0.6 is 11.8 Å². The summed E-state index contributed by atoms with van der Waals surface area (Å²) >= 11 is 1.57. The van der Waals surface area contributed by atoms with E-state index in [4.69, 9.17) is 4.74 Å². The molecule has 1 aromatic rings. The molecule has 0 heterocycles. The lowest BCUT2D eigenvalue weighted by Gasteiger charge is -2.19. The third-order valence-electron chi connectivity index (χ3n) is 2.40. The average Bonchev–Trinajstić information content (AvgIpc) is 2.37. The number of carbonyl (C=O) groups is 2. The summed E-state index contributed by atoms with van der Waals surface area (Å²) in [6, 6.07) is 7.59. The van der Waals surface area contributed by atoms with E-state index < -0.39 is 11.7 Å². The van der Waals surface area contributed by atoms with E-state index in [1.807, 2.05) is 30.5 Å². The Morgan fingerprint density at radius 1 is 1.24 bits per heavy atom. The molecule has 0 saturated carbocycles. The topological polar surface area (TPSA) is 67.4 Å². The molecule has 1 aromatic carbocycles. The van der Waals surface area contributed by atoms with Crippen molar-refractivity contribution in [1.82, 2.24) is 5.32 Å². The van der Waals surface area contributed by atoms with Gasteiger partial charge in [0.25, 0.3) is 0 Å². The maximum Gasteiger partial charge on any atom is 0.407 e. The van der Waals surface area contributed by atoms with Crippen LogP contribution in [0.3, 0.4) is 0 Å². The van der Waals surface area contributed by atoms with E-state index in [2.05, 4.69) is 10.6 Å². The van der Waals surface area contributed by atoms with Gasteiger partial charge in [-0.25, -0.2) is 4.79 Å². The fourth-order valence-electron chi connectivity index (χ4n) is 1.55. The summed E-state index contributed by atoms with van der Waals surface area (Å²) in [4.78, 5) is 24.3. The van der Waals surface area contributed by atoms with Gasteiger partial charge in [0.15, 0.2) is 0 Å². The fourth-order valence-corrected chi connectivity index (χ4v) is 2.11. The van der Waals surface area contributed by atoms with Gasteiger partial charge in [-0.15, -0.1) is 11.8 Å². The zero-order valence-corrected chi connectivity index (χ0v) is 13.7. The summed E-state index contributed by atoms with van der Waals surface area (Å²) in [5.41, 5.74) is 0.246. The molecule has 0 aromatic heterocycles. The summed E-state index contributed by atoms with van der Waals surface area (Å²) in [6.07, 6.45) is 1.64. The maximum absolute atomic E-state index is 11.8. The first-order chi connectivity index (χ1) is 9.81. The average molecular weight is 310 g/mol. The first-order valence-corrected chi connectivity index (χ1v) is 7.94. The molecular formula is C15H22N2O3S. The number of alkyl carbamates (subject to hydrolysis) is 1. The molecule has 116 valence electrons. The molecule has 0 fully saturated rings. The van der Waals surface area contributed by atoms with E-state index >= 15 is 0 Å². The van der Waals surface area contributed by atoms with Gasteiger partial charge in [-0.05, 0) is 39.2 Å². The molecule has 0 spiro atoms. The summed E-state index contributed by atoms with van der Waals surface area (Å²) in [5, 5.41) is 5.39. The molecule has 0 aliphatic rings. The van der Waals surface area contributed by atoms with Crippen LogP contribution in [0.5, 0.6) is 0 Å². The standard InChI is InChI=1S/C15H22N2O3S/c1-15(2,3)20-14(19)16-10-9-13(18)17-11-7-5-6-8-12(11)21-4/h5-8H,9-10H2,1-4H3,(H,16,19)(H,17,18). The molecule has 1 rings (SSSR count). The van der Waals surface area contributed by atoms with Gasteiger partial charge in [-0.3, -0.25) is 4.79 Å². The third-order valence-corrected chi connectivity index (χ3v) is 3.20. The molecule has 0 aliphatic carbocycles. The minimum Gasteiger partial charge on any atom is -0.444 e. The van der Waals surface area contributed by atoms with E-state index in [1.165, 1.54) is 0 Å². The molecule has 0 unspecified atom stereocenters. The monoisotopic (exact) mass is 310 g/mol. The number of para-hydroxylation sites is 1. The van der Waals surface area contributed by atoms with Crippen molar-refractivity contribution in [2.45, 2.75) is 37.7 Å². The summed E-state index contributed by atoms with van der Waals surface area (Å²) in [7, 11) is 0. The van der Waals surface area contributed by atoms with Gasteiger partial charge in [0.05, 0.1) is 5.69 Å². The fraction of sp³-hybridized carbons (Fsp3) is 0.467. The van der Waals surface area contributed by atoms with E-state index in [-0.39, 0.29) is 18.9 Å². The number of ether oxygens (including phenoxy) is 1. The number of thioether (sulfide) groups is 1. The Balaban J connectivity index is 2.36. The van der Waals surface area contributed by atoms with E-state index in [9.17, 15) is 9.59 Å². The second-order valence-corrected chi connectivity index (χ2v) is 6.28. The first kappa shape index (κ1) is 17.4. The van der Waals surface area contributed by atoms with E-state index in [0.29, 0.717) is 0 Å². The Morgan fingerprint density at radius 2 is 1.90 bits per heavy atom. The highest BCUT2D eigenvalue weighted by Crippen LogP contribution is 2.24. The minimum atomic E-state index is -0.538. The van der Waals surface area contributed by atoms with Gasteiger partial charge >= 0.3 is 6.09 Å². The number of anilines is 1. The highest BCUT2D eigenvalue weighted by Gasteiger charge is 2.16. The molecule has 6 heteroatoms. The van der Waals surface area contributed by atoms with Crippen LogP contribution in [-0.2, 0) is 9.53 Å². The van der Waals surface area contributed by atoms with E-state index in [1.54, 1.807) is 32.5 Å². The van der Waals surface area contributed by atoms with Crippen LogP contribution in [0.2, 0.25) is 0 Å². The van der Waals surface area contributed by atoms with Crippen molar-refractivity contribution in [3.63, 3.8) is 0 Å². The lowest BCUT2D eigenvalue weighted by atomic mass is 10.2. The molecule has 0 bridgehead atoms. The van der Waals surface area contributed by atoms with Gasteiger partial charge in [0, 0.05) is 17.9 Å². The van der Waals surface area contributed by atoms with Gasteiger partial charge in [0.2, 0.25) is 5.91 Å². The number of hydrogen-bond acceptors (Lipinski definition) is 4. The number of nitrogens with one attached hydrogen (secondary N) is 2. The highest BCUT2D eigenvalue weighted by molar-refractivity contribution is 7.98. The quantitative estimate of drug-likeness (QED) is 0.819. The molecular weight excluding hydrogens is 288 g/mol. The molecule has 5 nitrogen and oxygen atoms in total. The summed E-state index contributed by atoms with van der Waals surface area (Å²) in [6.45, 7) is 5.61. The highest BCUT2D eigenvalue weighted by atomic mass is 32.2. The predicted octanol–water partition coefficient (Wildman–Crippen LogP) is 3.26. The van der Waals surface area contributed by atoms with Crippen molar-refractivity contribution in [1.29, 1.82) is 0 Å². The van der Waals surface area contributed by atoms with Gasteiger partial charge in [0.1, 0.15) is 5.60 Å². The van der Waals surface area contributed by atoms with Crippen LogP contribution in [-0.4, -0.2) is 30.4 Å². The Morgan fingerprint density at radius 3 is 2.52 bits per heavy atom. The number of benzene rings is 1. The largest absolute Gasteiger partial charge is 0.444 e. The van der Waals surface area contributed by atoms with Gasteiger partial charge < -0.3 is 15.4 Å². The minimum absolute atomic E-state index is 0.146. The first-order valence-electron chi connectivity index (χ1n) is 6.71. The molecule has 21 heavy (non-hydrogen) atoms. The molecule has 0 saturated heterocycles. The number of rotatable bonds is 5. The zero-order chi connectivity index (χ0) is 15.9. The number of hydrogen-bond donors (Lipinski definition) is 2. The Bertz CT molecular complexity index is 498. The Labute approximate surface area is 129 Å². The van der Waals surface area contributed by atoms with Crippen molar-refractivity contribution in [2.24, 2.45) is 0 Å². The number of amides is 2. The van der Waals surface area contributed by atoms with Crippen molar-refractivity contribution in [3.05, 3.63) is 24.3 Å². The predicted molar refractivity (Wildman–Crippen MR) is 85.7 cm³/mol. The van der Waals surface area contributed by atoms with Gasteiger partial charge in [-0.1, -0.05) is 12.1 Å². The van der Waals surface area contributed by atoms with Crippen LogP contribution in [0.1, 0.15) is 27.2 Å².